The van der Waals surface area contributed by atoms with Crippen molar-refractivity contribution in [1.29, 1.82) is 0 Å². The molecule has 2 amide bonds. The Hall–Kier alpha value is -2.30. The number of aryl methyl sites for hydroxylation is 1. The molecule has 3 heterocycles. The summed E-state index contributed by atoms with van der Waals surface area (Å²) in [5, 5.41) is 11.5. The summed E-state index contributed by atoms with van der Waals surface area (Å²) in [5.74, 6) is 1.26. The van der Waals surface area contributed by atoms with Gasteiger partial charge in [0, 0.05) is 52.6 Å². The number of nitrogens with one attached hydrogen (secondary N) is 2. The number of nitrogens with zero attached hydrogens (tertiary/aromatic N) is 4. The lowest BCUT2D eigenvalue weighted by atomic mass is 10.2. The quantitative estimate of drug-likeness (QED) is 0.543. The molecule has 158 valence electrons. The van der Waals surface area contributed by atoms with Gasteiger partial charge in [0.15, 0.2) is 0 Å². The molecule has 0 atom stereocenters. The second-order valence-electron chi connectivity index (χ2n) is 7.04. The van der Waals surface area contributed by atoms with Crippen molar-refractivity contribution < 1.29 is 14.1 Å². The lowest BCUT2D eigenvalue weighted by Gasteiger charge is -2.34. The molecule has 0 aromatic carbocycles. The lowest BCUT2D eigenvalue weighted by Crippen LogP contribution is -2.50. The Morgan fingerprint density at radius 2 is 1.93 bits per heavy atom. The van der Waals surface area contributed by atoms with Crippen LogP contribution >= 0.6 is 11.3 Å². The van der Waals surface area contributed by atoms with Gasteiger partial charge in [-0.25, -0.2) is 0 Å². The monoisotopic (exact) mass is 420 g/mol. The smallest absolute Gasteiger partial charge is 0.234 e. The van der Waals surface area contributed by atoms with Gasteiger partial charge in [-0.2, -0.15) is 4.98 Å². The predicted octanol–water partition coefficient (Wildman–Crippen LogP) is 0.601. The van der Waals surface area contributed by atoms with E-state index in [4.69, 9.17) is 4.52 Å². The largest absolute Gasteiger partial charge is 0.355 e. The molecule has 0 unspecified atom stereocenters. The van der Waals surface area contributed by atoms with Crippen LogP contribution in [0.25, 0.3) is 10.7 Å². The third-order valence-corrected chi connectivity index (χ3v) is 5.59. The Balaban J connectivity index is 1.27. The molecule has 9 nitrogen and oxygen atoms in total. The molecule has 2 N–H and O–H groups in total. The van der Waals surface area contributed by atoms with Crippen molar-refractivity contribution in [3.05, 3.63) is 23.4 Å². The molecule has 0 saturated carbocycles. The van der Waals surface area contributed by atoms with Gasteiger partial charge < -0.3 is 20.1 Å². The average molecular weight is 421 g/mol. The first-order valence-corrected chi connectivity index (χ1v) is 10.8. The van der Waals surface area contributed by atoms with Gasteiger partial charge in [-0.15, -0.1) is 11.3 Å². The maximum atomic E-state index is 12.0. The number of aromatic nitrogens is 2. The predicted molar refractivity (Wildman–Crippen MR) is 111 cm³/mol. The zero-order valence-corrected chi connectivity index (χ0v) is 17.5. The Morgan fingerprint density at radius 3 is 2.66 bits per heavy atom. The number of carbonyl (C=O) groups is 2. The van der Waals surface area contributed by atoms with Crippen LogP contribution in [0, 0.1) is 0 Å². The van der Waals surface area contributed by atoms with Crippen molar-refractivity contribution in [3.63, 3.8) is 0 Å². The molecule has 29 heavy (non-hydrogen) atoms. The molecule has 1 aliphatic rings. The summed E-state index contributed by atoms with van der Waals surface area (Å²) in [5.41, 5.74) is 0. The van der Waals surface area contributed by atoms with Gasteiger partial charge in [0.2, 0.25) is 23.5 Å². The molecule has 2 aromatic heterocycles. The van der Waals surface area contributed by atoms with Gasteiger partial charge in [-0.3, -0.25) is 14.5 Å². The lowest BCUT2D eigenvalue weighted by molar-refractivity contribution is -0.123. The van der Waals surface area contributed by atoms with Crippen molar-refractivity contribution >= 4 is 23.2 Å². The maximum absolute atomic E-state index is 12.0. The molecular formula is C19H28N6O3S. The number of hydrogen-bond acceptors (Lipinski definition) is 8. The van der Waals surface area contributed by atoms with Crippen LogP contribution in [0.4, 0.5) is 0 Å². The van der Waals surface area contributed by atoms with E-state index in [2.05, 4.69) is 30.6 Å². The van der Waals surface area contributed by atoms with Crippen LogP contribution in [-0.4, -0.2) is 84.1 Å². The number of thiophene rings is 1. The molecule has 10 heteroatoms. The molecule has 1 aliphatic heterocycles. The summed E-state index contributed by atoms with van der Waals surface area (Å²) < 4.78 is 5.34. The first-order valence-electron chi connectivity index (χ1n) is 9.92. The topological polar surface area (TPSA) is 104 Å². The van der Waals surface area contributed by atoms with Gasteiger partial charge in [0.05, 0.1) is 11.4 Å². The molecule has 2 aromatic rings. The average Bonchev–Trinajstić information content (AvgIpc) is 3.38. The van der Waals surface area contributed by atoms with Crippen LogP contribution in [0.3, 0.4) is 0 Å². The first-order chi connectivity index (χ1) is 14.1. The second kappa shape index (κ2) is 11.0. The summed E-state index contributed by atoms with van der Waals surface area (Å²) in [4.78, 5) is 32.8. The zero-order chi connectivity index (χ0) is 20.5. The van der Waals surface area contributed by atoms with E-state index in [1.165, 1.54) is 6.92 Å². The number of amides is 2. The fourth-order valence-electron chi connectivity index (χ4n) is 3.19. The van der Waals surface area contributed by atoms with E-state index in [0.29, 0.717) is 31.3 Å². The van der Waals surface area contributed by atoms with Crippen LogP contribution in [-0.2, 0) is 16.0 Å². The van der Waals surface area contributed by atoms with Crippen molar-refractivity contribution in [2.45, 2.75) is 19.8 Å². The van der Waals surface area contributed by atoms with Gasteiger partial charge in [0.25, 0.3) is 0 Å². The van der Waals surface area contributed by atoms with E-state index in [-0.39, 0.29) is 11.8 Å². The van der Waals surface area contributed by atoms with Crippen molar-refractivity contribution in [2.75, 3.05) is 52.4 Å². The highest BCUT2D eigenvalue weighted by atomic mass is 32.1. The molecule has 0 bridgehead atoms. The van der Waals surface area contributed by atoms with E-state index in [1.54, 1.807) is 11.3 Å². The third-order valence-electron chi connectivity index (χ3n) is 4.73. The molecule has 1 fully saturated rings. The van der Waals surface area contributed by atoms with Crippen LogP contribution in [0.2, 0.25) is 0 Å². The van der Waals surface area contributed by atoms with Crippen LogP contribution < -0.4 is 10.6 Å². The minimum absolute atomic E-state index is 0.00161. The van der Waals surface area contributed by atoms with Gasteiger partial charge in [-0.1, -0.05) is 11.2 Å². The summed E-state index contributed by atoms with van der Waals surface area (Å²) in [6.07, 6.45) is 1.74. The molecule has 3 rings (SSSR count). The number of piperazine rings is 1. The van der Waals surface area contributed by atoms with E-state index >= 15 is 0 Å². The zero-order valence-electron chi connectivity index (χ0n) is 16.7. The second-order valence-corrected chi connectivity index (χ2v) is 7.99. The summed E-state index contributed by atoms with van der Waals surface area (Å²) in [6.45, 7) is 7.42. The summed E-state index contributed by atoms with van der Waals surface area (Å²) >= 11 is 1.60. The SMILES string of the molecule is CC(=O)NCCNC(=O)CN1CCN(CCCc2nc(-c3cccs3)no2)CC1. The molecule has 1 saturated heterocycles. The molecule has 0 aliphatic carbocycles. The first kappa shape index (κ1) is 21.4. The highest BCUT2D eigenvalue weighted by molar-refractivity contribution is 7.13. The minimum Gasteiger partial charge on any atom is -0.355 e. The number of hydrogen-bond donors (Lipinski definition) is 2. The standard InChI is InChI=1S/C19H28N6O3S/c1-15(26)20-6-7-21-17(27)14-25-11-9-24(10-12-25)8-2-5-18-22-19(23-28-18)16-4-3-13-29-16/h3-4,13H,2,5-12,14H2,1H3,(H,20,26)(H,21,27). The van der Waals surface area contributed by atoms with E-state index in [1.807, 2.05) is 17.5 Å². The fourth-order valence-corrected chi connectivity index (χ4v) is 3.84. The number of carbonyl (C=O) groups excluding carboxylic acids is 2. The van der Waals surface area contributed by atoms with Gasteiger partial charge in [-0.05, 0) is 24.4 Å². The molecular weight excluding hydrogens is 392 g/mol. The van der Waals surface area contributed by atoms with Crippen LogP contribution in [0.1, 0.15) is 19.2 Å². The Bertz CT molecular complexity index is 771. The van der Waals surface area contributed by atoms with Crippen LogP contribution in [0.5, 0.6) is 0 Å². The van der Waals surface area contributed by atoms with Crippen molar-refractivity contribution in [3.8, 4) is 10.7 Å². The Kier molecular flexibility index (Phi) is 8.14. The molecule has 0 spiro atoms. The number of rotatable bonds is 10. The van der Waals surface area contributed by atoms with Gasteiger partial charge >= 0.3 is 0 Å². The maximum Gasteiger partial charge on any atom is 0.234 e. The van der Waals surface area contributed by atoms with Crippen molar-refractivity contribution in [1.82, 2.24) is 30.6 Å². The van der Waals surface area contributed by atoms with Gasteiger partial charge in [0.1, 0.15) is 0 Å². The van der Waals surface area contributed by atoms with E-state index in [9.17, 15) is 9.59 Å². The Morgan fingerprint density at radius 1 is 1.17 bits per heavy atom. The Labute approximate surface area is 174 Å². The molecule has 0 radical (unpaired) electrons. The fraction of sp³-hybridized carbons (Fsp3) is 0.579. The van der Waals surface area contributed by atoms with E-state index < -0.39 is 0 Å². The third kappa shape index (κ3) is 7.22. The highest BCUT2D eigenvalue weighted by Crippen LogP contribution is 2.21. The minimum atomic E-state index is -0.0857. The normalized spacial score (nSPS) is 15.3. The van der Waals surface area contributed by atoms with E-state index in [0.717, 1.165) is 50.4 Å². The summed E-state index contributed by atoms with van der Waals surface area (Å²) in [6, 6.07) is 3.97. The van der Waals surface area contributed by atoms with Crippen LogP contribution in [0.15, 0.2) is 22.0 Å². The summed E-state index contributed by atoms with van der Waals surface area (Å²) in [7, 11) is 0. The highest BCUT2D eigenvalue weighted by Gasteiger charge is 2.19. The van der Waals surface area contributed by atoms with Crippen molar-refractivity contribution in [2.24, 2.45) is 0 Å².